The Bertz CT molecular complexity index is 299. The molecule has 0 spiro atoms. The van der Waals surface area contributed by atoms with Gasteiger partial charge in [0.25, 0.3) is 0 Å². The highest BCUT2D eigenvalue weighted by Crippen LogP contribution is 2.16. The standard InChI is InChI=1S/C10H15N3O2/c14-10(2-4-15-7-10)6-12-5-9-1-3-11-8-13-9/h1,3,8,12,14H,2,4-7H2. The van der Waals surface area contributed by atoms with E-state index in [-0.39, 0.29) is 0 Å². The van der Waals surface area contributed by atoms with Gasteiger partial charge in [0.05, 0.1) is 12.3 Å². The molecule has 2 rings (SSSR count). The van der Waals surface area contributed by atoms with Gasteiger partial charge in [-0.25, -0.2) is 9.97 Å². The Morgan fingerprint density at radius 1 is 1.60 bits per heavy atom. The third-order valence-electron chi connectivity index (χ3n) is 2.49. The van der Waals surface area contributed by atoms with Gasteiger partial charge in [0.15, 0.2) is 0 Å². The topological polar surface area (TPSA) is 67.3 Å². The van der Waals surface area contributed by atoms with Crippen LogP contribution in [0.5, 0.6) is 0 Å². The maximum atomic E-state index is 9.95. The zero-order valence-electron chi connectivity index (χ0n) is 8.52. The van der Waals surface area contributed by atoms with Crippen LogP contribution in [0.25, 0.3) is 0 Å². The van der Waals surface area contributed by atoms with E-state index in [1.54, 1.807) is 6.20 Å². The lowest BCUT2D eigenvalue weighted by atomic mass is 10.0. The Labute approximate surface area is 88.5 Å². The first-order valence-electron chi connectivity index (χ1n) is 5.04. The first kappa shape index (κ1) is 10.5. The van der Waals surface area contributed by atoms with Crippen LogP contribution in [0.4, 0.5) is 0 Å². The summed E-state index contributed by atoms with van der Waals surface area (Å²) in [5, 5.41) is 13.1. The molecule has 1 fully saturated rings. The Morgan fingerprint density at radius 2 is 2.53 bits per heavy atom. The average Bonchev–Trinajstić information content (AvgIpc) is 2.67. The number of nitrogens with zero attached hydrogens (tertiary/aromatic N) is 2. The quantitative estimate of drug-likeness (QED) is 0.713. The van der Waals surface area contributed by atoms with Crippen molar-refractivity contribution in [3.63, 3.8) is 0 Å². The van der Waals surface area contributed by atoms with Crippen LogP contribution in [0.1, 0.15) is 12.1 Å². The van der Waals surface area contributed by atoms with Crippen molar-refractivity contribution in [3.05, 3.63) is 24.3 Å². The van der Waals surface area contributed by atoms with E-state index >= 15 is 0 Å². The number of rotatable bonds is 4. The second-order valence-corrected chi connectivity index (χ2v) is 3.83. The van der Waals surface area contributed by atoms with Gasteiger partial charge in [-0.2, -0.15) is 0 Å². The highest BCUT2D eigenvalue weighted by Gasteiger charge is 2.31. The number of aromatic nitrogens is 2. The fraction of sp³-hybridized carbons (Fsp3) is 0.600. The van der Waals surface area contributed by atoms with Gasteiger partial charge in [0.2, 0.25) is 0 Å². The summed E-state index contributed by atoms with van der Waals surface area (Å²) in [4.78, 5) is 7.92. The van der Waals surface area contributed by atoms with Crippen molar-refractivity contribution >= 4 is 0 Å². The van der Waals surface area contributed by atoms with Crippen molar-refractivity contribution in [1.29, 1.82) is 0 Å². The minimum absolute atomic E-state index is 0.420. The van der Waals surface area contributed by atoms with Crippen LogP contribution >= 0.6 is 0 Å². The van der Waals surface area contributed by atoms with E-state index < -0.39 is 5.60 Å². The molecule has 1 aliphatic rings. The Hall–Kier alpha value is -1.04. The maximum Gasteiger partial charge on any atom is 0.115 e. The third-order valence-corrected chi connectivity index (χ3v) is 2.49. The number of hydrogen-bond donors (Lipinski definition) is 2. The molecule has 1 aliphatic heterocycles. The molecule has 5 nitrogen and oxygen atoms in total. The first-order chi connectivity index (χ1) is 7.29. The van der Waals surface area contributed by atoms with Crippen LogP contribution in [0, 0.1) is 0 Å². The molecule has 1 saturated heterocycles. The molecule has 0 saturated carbocycles. The number of nitrogens with one attached hydrogen (secondary N) is 1. The number of ether oxygens (including phenoxy) is 1. The van der Waals surface area contributed by atoms with E-state index in [0.29, 0.717) is 32.7 Å². The molecule has 2 N–H and O–H groups in total. The molecule has 0 aromatic carbocycles. The summed E-state index contributed by atoms with van der Waals surface area (Å²) in [5.41, 5.74) is 0.222. The van der Waals surface area contributed by atoms with Gasteiger partial charge in [0.1, 0.15) is 11.9 Å². The maximum absolute atomic E-state index is 9.95. The van der Waals surface area contributed by atoms with E-state index in [0.717, 1.165) is 5.69 Å². The molecule has 1 aromatic heterocycles. The van der Waals surface area contributed by atoms with Crippen molar-refractivity contribution in [2.45, 2.75) is 18.6 Å². The molecule has 5 heteroatoms. The van der Waals surface area contributed by atoms with Crippen molar-refractivity contribution in [2.24, 2.45) is 0 Å². The van der Waals surface area contributed by atoms with Gasteiger partial charge in [-0.05, 0) is 6.07 Å². The van der Waals surface area contributed by atoms with Gasteiger partial charge in [0, 0.05) is 32.3 Å². The summed E-state index contributed by atoms with van der Waals surface area (Å²) < 4.78 is 5.15. The fourth-order valence-electron chi connectivity index (χ4n) is 1.58. The van der Waals surface area contributed by atoms with E-state index in [1.165, 1.54) is 6.33 Å². The summed E-state index contributed by atoms with van der Waals surface area (Å²) in [6.45, 7) is 2.25. The summed E-state index contributed by atoms with van der Waals surface area (Å²) in [7, 11) is 0. The zero-order chi connectivity index (χ0) is 10.6. The minimum Gasteiger partial charge on any atom is -0.386 e. The first-order valence-corrected chi connectivity index (χ1v) is 5.04. The van der Waals surface area contributed by atoms with Gasteiger partial charge in [-0.15, -0.1) is 0 Å². The highest BCUT2D eigenvalue weighted by atomic mass is 16.5. The molecule has 0 radical (unpaired) electrons. The molecule has 2 heterocycles. The predicted octanol–water partition coefficient (Wildman–Crippen LogP) is -0.282. The van der Waals surface area contributed by atoms with E-state index in [9.17, 15) is 5.11 Å². The molecular weight excluding hydrogens is 194 g/mol. The van der Waals surface area contributed by atoms with Crippen LogP contribution < -0.4 is 5.32 Å². The fourth-order valence-corrected chi connectivity index (χ4v) is 1.58. The Kier molecular flexibility index (Phi) is 3.25. The largest absolute Gasteiger partial charge is 0.386 e. The van der Waals surface area contributed by atoms with Crippen molar-refractivity contribution < 1.29 is 9.84 Å². The number of aliphatic hydroxyl groups is 1. The van der Waals surface area contributed by atoms with Gasteiger partial charge >= 0.3 is 0 Å². The predicted molar refractivity (Wildman–Crippen MR) is 54.1 cm³/mol. The van der Waals surface area contributed by atoms with Crippen LogP contribution in [0.15, 0.2) is 18.6 Å². The van der Waals surface area contributed by atoms with Crippen molar-refractivity contribution in [3.8, 4) is 0 Å². The summed E-state index contributed by atoms with van der Waals surface area (Å²) in [6, 6.07) is 1.85. The minimum atomic E-state index is -0.701. The summed E-state index contributed by atoms with van der Waals surface area (Å²) in [6.07, 6.45) is 3.92. The van der Waals surface area contributed by atoms with Crippen LogP contribution in [-0.2, 0) is 11.3 Å². The number of hydrogen-bond acceptors (Lipinski definition) is 5. The highest BCUT2D eigenvalue weighted by molar-refractivity contribution is 4.97. The second kappa shape index (κ2) is 4.65. The molecule has 0 aliphatic carbocycles. The van der Waals surface area contributed by atoms with E-state index in [2.05, 4.69) is 15.3 Å². The lowest BCUT2D eigenvalue weighted by Gasteiger charge is -2.20. The van der Waals surface area contributed by atoms with Crippen LogP contribution in [-0.4, -0.2) is 40.4 Å². The Balaban J connectivity index is 1.75. The van der Waals surface area contributed by atoms with Gasteiger partial charge < -0.3 is 15.2 Å². The van der Waals surface area contributed by atoms with Crippen molar-refractivity contribution in [1.82, 2.24) is 15.3 Å². The molecule has 0 bridgehead atoms. The average molecular weight is 209 g/mol. The molecule has 82 valence electrons. The van der Waals surface area contributed by atoms with E-state index in [4.69, 9.17) is 4.74 Å². The normalized spacial score (nSPS) is 25.7. The second-order valence-electron chi connectivity index (χ2n) is 3.83. The Morgan fingerprint density at radius 3 is 3.20 bits per heavy atom. The third kappa shape index (κ3) is 2.95. The lowest BCUT2D eigenvalue weighted by Crippen LogP contribution is -2.40. The molecule has 1 aromatic rings. The van der Waals surface area contributed by atoms with E-state index in [1.807, 2.05) is 6.07 Å². The molecule has 1 atom stereocenters. The monoisotopic (exact) mass is 209 g/mol. The molecule has 0 amide bonds. The SMILES string of the molecule is OC1(CNCc2ccncn2)CCOC1. The lowest BCUT2D eigenvalue weighted by molar-refractivity contribution is 0.0268. The molecule has 15 heavy (non-hydrogen) atoms. The zero-order valence-corrected chi connectivity index (χ0v) is 8.52. The summed E-state index contributed by atoms with van der Waals surface area (Å²) in [5.74, 6) is 0. The summed E-state index contributed by atoms with van der Waals surface area (Å²) >= 11 is 0. The van der Waals surface area contributed by atoms with Gasteiger partial charge in [-0.3, -0.25) is 0 Å². The smallest absolute Gasteiger partial charge is 0.115 e. The van der Waals surface area contributed by atoms with Crippen molar-refractivity contribution in [2.75, 3.05) is 19.8 Å². The van der Waals surface area contributed by atoms with Gasteiger partial charge in [-0.1, -0.05) is 0 Å². The molecule has 1 unspecified atom stereocenters. The van der Waals surface area contributed by atoms with Crippen LogP contribution in [0.2, 0.25) is 0 Å². The molecular formula is C10H15N3O2. The van der Waals surface area contributed by atoms with Crippen LogP contribution in [0.3, 0.4) is 0 Å².